The molecular formula is C13H9N3S. The second kappa shape index (κ2) is 3.05. The number of rotatable bonds is 0. The molecule has 4 heteroatoms. The predicted molar refractivity (Wildman–Crippen MR) is 70.6 cm³/mol. The number of aromatic nitrogens is 3. The maximum Gasteiger partial charge on any atom is 0.145 e. The molecule has 82 valence electrons. The number of fused-ring (bicyclic) bond motifs is 6. The van der Waals surface area contributed by atoms with Gasteiger partial charge in [-0.05, 0) is 6.92 Å². The van der Waals surface area contributed by atoms with E-state index in [2.05, 4.69) is 32.6 Å². The molecule has 1 aromatic carbocycles. The Bertz CT molecular complexity index is 857. The quantitative estimate of drug-likeness (QED) is 0.470. The summed E-state index contributed by atoms with van der Waals surface area (Å²) in [5, 5.41) is 3.44. The summed E-state index contributed by atoms with van der Waals surface area (Å²) < 4.78 is 2.13. The highest BCUT2D eigenvalue weighted by molar-refractivity contribution is 7.18. The minimum atomic E-state index is 1.01. The molecule has 0 spiro atoms. The van der Waals surface area contributed by atoms with Crippen LogP contribution in [0.2, 0.25) is 0 Å². The number of pyridine rings is 1. The van der Waals surface area contributed by atoms with Crippen molar-refractivity contribution in [3.05, 3.63) is 41.7 Å². The lowest BCUT2D eigenvalue weighted by Crippen LogP contribution is -1.87. The van der Waals surface area contributed by atoms with E-state index in [1.165, 1.54) is 10.2 Å². The van der Waals surface area contributed by atoms with Crippen molar-refractivity contribution < 1.29 is 0 Å². The molecule has 3 aromatic heterocycles. The van der Waals surface area contributed by atoms with Crippen LogP contribution in [-0.2, 0) is 0 Å². The van der Waals surface area contributed by atoms with E-state index in [1.807, 2.05) is 25.4 Å². The molecular weight excluding hydrogens is 230 g/mol. The van der Waals surface area contributed by atoms with E-state index >= 15 is 0 Å². The van der Waals surface area contributed by atoms with Gasteiger partial charge in [0.1, 0.15) is 16.0 Å². The van der Waals surface area contributed by atoms with Crippen LogP contribution in [0.1, 0.15) is 5.01 Å². The molecule has 0 saturated heterocycles. The van der Waals surface area contributed by atoms with Crippen LogP contribution in [0.4, 0.5) is 0 Å². The van der Waals surface area contributed by atoms with Crippen LogP contribution >= 0.6 is 11.3 Å². The van der Waals surface area contributed by atoms with Crippen LogP contribution in [0.25, 0.3) is 26.8 Å². The van der Waals surface area contributed by atoms with Crippen LogP contribution < -0.4 is 0 Å². The second-order valence-electron chi connectivity index (χ2n) is 4.05. The Balaban J connectivity index is 2.47. The number of hydrogen-bond donors (Lipinski definition) is 0. The van der Waals surface area contributed by atoms with E-state index in [-0.39, 0.29) is 0 Å². The molecule has 0 aliphatic heterocycles. The van der Waals surface area contributed by atoms with E-state index in [9.17, 15) is 0 Å². The number of hydrogen-bond acceptors (Lipinski definition) is 3. The zero-order valence-electron chi connectivity index (χ0n) is 9.21. The number of thiazole rings is 1. The lowest BCUT2D eigenvalue weighted by atomic mass is 10.1. The molecule has 0 fully saturated rings. The summed E-state index contributed by atoms with van der Waals surface area (Å²) in [4.78, 5) is 10.3. The molecule has 3 nitrogen and oxygen atoms in total. The fourth-order valence-electron chi connectivity index (χ4n) is 2.31. The Hall–Kier alpha value is -1.94. The molecule has 0 radical (unpaired) electrons. The van der Waals surface area contributed by atoms with Gasteiger partial charge in [0.2, 0.25) is 0 Å². The molecule has 17 heavy (non-hydrogen) atoms. The van der Waals surface area contributed by atoms with Gasteiger partial charge in [-0.3, -0.25) is 4.40 Å². The molecule has 3 heterocycles. The number of imidazole rings is 1. The molecule has 0 aliphatic rings. The lowest BCUT2D eigenvalue weighted by molar-refractivity contribution is 1.28. The van der Waals surface area contributed by atoms with Gasteiger partial charge in [0.15, 0.2) is 0 Å². The van der Waals surface area contributed by atoms with Crippen molar-refractivity contribution in [2.75, 3.05) is 0 Å². The fraction of sp³-hybridized carbons (Fsp3) is 0.0769. The summed E-state index contributed by atoms with van der Waals surface area (Å²) in [6.45, 7) is 2.04. The van der Waals surface area contributed by atoms with Crippen molar-refractivity contribution >= 4 is 38.1 Å². The monoisotopic (exact) mass is 239 g/mol. The van der Waals surface area contributed by atoms with E-state index < -0.39 is 0 Å². The van der Waals surface area contributed by atoms with Gasteiger partial charge >= 0.3 is 0 Å². The molecule has 0 unspecified atom stereocenters. The third kappa shape index (κ3) is 1.10. The van der Waals surface area contributed by atoms with Crippen molar-refractivity contribution in [3.63, 3.8) is 0 Å². The van der Waals surface area contributed by atoms with E-state index in [0.29, 0.717) is 0 Å². The molecule has 4 rings (SSSR count). The van der Waals surface area contributed by atoms with Gasteiger partial charge in [0.25, 0.3) is 0 Å². The van der Waals surface area contributed by atoms with Crippen molar-refractivity contribution in [1.82, 2.24) is 14.4 Å². The van der Waals surface area contributed by atoms with Gasteiger partial charge in [-0.1, -0.05) is 24.3 Å². The molecule has 0 atom stereocenters. The van der Waals surface area contributed by atoms with E-state index in [4.69, 9.17) is 0 Å². The number of benzene rings is 1. The Labute approximate surface area is 101 Å². The molecule has 4 aromatic rings. The van der Waals surface area contributed by atoms with E-state index in [1.54, 1.807) is 11.3 Å². The highest BCUT2D eigenvalue weighted by Gasteiger charge is 2.11. The average molecular weight is 239 g/mol. The summed E-state index contributed by atoms with van der Waals surface area (Å²) in [7, 11) is 0. The smallest absolute Gasteiger partial charge is 0.145 e. The minimum Gasteiger partial charge on any atom is -0.289 e. The van der Waals surface area contributed by atoms with Gasteiger partial charge in [-0.25, -0.2) is 9.97 Å². The third-order valence-electron chi connectivity index (χ3n) is 3.00. The number of nitrogens with zero attached hydrogens (tertiary/aromatic N) is 3. The van der Waals surface area contributed by atoms with Gasteiger partial charge in [-0.2, -0.15) is 0 Å². The standard InChI is InChI=1S/C13H9N3S/c1-8-15-11-9-4-2-3-5-10(9)12-14-6-7-16(12)13(11)17-8/h2-7H,1H3. The zero-order chi connectivity index (χ0) is 11.4. The summed E-state index contributed by atoms with van der Waals surface area (Å²) in [5.74, 6) is 0. The third-order valence-corrected chi connectivity index (χ3v) is 3.97. The predicted octanol–water partition coefficient (Wildman–Crippen LogP) is 3.41. The van der Waals surface area contributed by atoms with Crippen molar-refractivity contribution in [2.24, 2.45) is 0 Å². The molecule has 0 bridgehead atoms. The maximum absolute atomic E-state index is 4.64. The minimum absolute atomic E-state index is 1.01. The first kappa shape index (κ1) is 9.13. The van der Waals surface area contributed by atoms with Crippen LogP contribution in [0.15, 0.2) is 36.7 Å². The van der Waals surface area contributed by atoms with Crippen LogP contribution in [-0.4, -0.2) is 14.4 Å². The second-order valence-corrected chi connectivity index (χ2v) is 5.23. The van der Waals surface area contributed by atoms with Crippen LogP contribution in [0.3, 0.4) is 0 Å². The Kier molecular flexibility index (Phi) is 1.64. The average Bonchev–Trinajstić information content (AvgIpc) is 2.94. The Morgan fingerprint density at radius 3 is 2.88 bits per heavy atom. The summed E-state index contributed by atoms with van der Waals surface area (Å²) in [6.07, 6.45) is 3.85. The molecule has 0 N–H and O–H groups in total. The SMILES string of the molecule is Cc1nc2c3ccccc3c3nccn3c2s1. The van der Waals surface area contributed by atoms with Crippen LogP contribution in [0, 0.1) is 6.92 Å². The molecule has 0 amide bonds. The van der Waals surface area contributed by atoms with Crippen molar-refractivity contribution in [2.45, 2.75) is 6.92 Å². The summed E-state index contributed by atoms with van der Waals surface area (Å²) in [5.41, 5.74) is 2.09. The first-order chi connectivity index (χ1) is 8.34. The topological polar surface area (TPSA) is 30.2 Å². The van der Waals surface area contributed by atoms with E-state index in [0.717, 1.165) is 21.6 Å². The highest BCUT2D eigenvalue weighted by Crippen LogP contribution is 2.31. The van der Waals surface area contributed by atoms with Gasteiger partial charge in [0, 0.05) is 23.2 Å². The zero-order valence-corrected chi connectivity index (χ0v) is 10.0. The fourth-order valence-corrected chi connectivity index (χ4v) is 3.22. The molecule has 0 saturated carbocycles. The van der Waals surface area contributed by atoms with Crippen LogP contribution in [0.5, 0.6) is 0 Å². The van der Waals surface area contributed by atoms with Gasteiger partial charge in [-0.15, -0.1) is 11.3 Å². The first-order valence-electron chi connectivity index (χ1n) is 5.45. The van der Waals surface area contributed by atoms with Crippen molar-refractivity contribution in [3.8, 4) is 0 Å². The largest absolute Gasteiger partial charge is 0.289 e. The number of aryl methyl sites for hydroxylation is 1. The normalized spacial score (nSPS) is 11.8. The summed E-state index contributed by atoms with van der Waals surface area (Å²) in [6, 6.07) is 8.31. The highest BCUT2D eigenvalue weighted by atomic mass is 32.1. The van der Waals surface area contributed by atoms with Gasteiger partial charge < -0.3 is 0 Å². The summed E-state index contributed by atoms with van der Waals surface area (Å²) >= 11 is 1.71. The van der Waals surface area contributed by atoms with Crippen molar-refractivity contribution in [1.29, 1.82) is 0 Å². The lowest BCUT2D eigenvalue weighted by Gasteiger charge is -2.02. The Morgan fingerprint density at radius 1 is 1.18 bits per heavy atom. The molecule has 0 aliphatic carbocycles. The maximum atomic E-state index is 4.64. The van der Waals surface area contributed by atoms with Gasteiger partial charge in [0.05, 0.1) is 5.01 Å². The first-order valence-corrected chi connectivity index (χ1v) is 6.27. The Morgan fingerprint density at radius 2 is 2.00 bits per heavy atom.